The number of esters is 1. The molecule has 4 unspecified atom stereocenters. The normalized spacial score (nSPS) is 52.3. The van der Waals surface area contributed by atoms with Gasteiger partial charge in [0, 0.05) is 17.8 Å². The summed E-state index contributed by atoms with van der Waals surface area (Å²) in [6, 6.07) is 0. The molecule has 196 valence electrons. The molecule has 0 heterocycles. The fourth-order valence-corrected chi connectivity index (χ4v) is 11.8. The summed E-state index contributed by atoms with van der Waals surface area (Å²) in [4.78, 5) is 24.5. The van der Waals surface area contributed by atoms with E-state index >= 15 is 0 Å². The van der Waals surface area contributed by atoms with Crippen LogP contribution >= 0.6 is 0 Å². The second-order valence-electron chi connectivity index (χ2n) is 15.0. The maximum atomic E-state index is 12.6. The van der Waals surface area contributed by atoms with Gasteiger partial charge in [0.2, 0.25) is 0 Å². The van der Waals surface area contributed by atoms with Crippen molar-refractivity contribution in [3.05, 3.63) is 12.2 Å². The van der Waals surface area contributed by atoms with E-state index in [2.05, 4.69) is 48.1 Å². The lowest BCUT2D eigenvalue weighted by Gasteiger charge is -2.72. The van der Waals surface area contributed by atoms with Crippen LogP contribution in [0.15, 0.2) is 12.2 Å². The monoisotopic (exact) mass is 482 g/mol. The van der Waals surface area contributed by atoms with Gasteiger partial charge in [0.1, 0.15) is 12.4 Å². The van der Waals surface area contributed by atoms with Crippen LogP contribution in [0.4, 0.5) is 0 Å². The summed E-state index contributed by atoms with van der Waals surface area (Å²) in [7, 11) is 0. The number of hydrogen-bond donors (Lipinski definition) is 0. The second-order valence-corrected chi connectivity index (χ2v) is 15.0. The van der Waals surface area contributed by atoms with E-state index in [1.165, 1.54) is 44.0 Å². The van der Waals surface area contributed by atoms with Crippen molar-refractivity contribution >= 4 is 12.3 Å². The number of carbonyl (C=O) groups excluding carboxylic acids is 2. The molecule has 0 aromatic heterocycles. The van der Waals surface area contributed by atoms with Gasteiger partial charge < -0.3 is 9.53 Å². The summed E-state index contributed by atoms with van der Waals surface area (Å²) in [5.41, 5.74) is 2.05. The average molecular weight is 483 g/mol. The number of ether oxygens (including phenoxy) is 1. The minimum Gasteiger partial charge on any atom is -0.462 e. The van der Waals surface area contributed by atoms with Crippen LogP contribution < -0.4 is 0 Å². The highest BCUT2D eigenvalue weighted by Crippen LogP contribution is 2.77. The molecule has 0 N–H and O–H groups in total. The average Bonchev–Trinajstić information content (AvgIpc) is 3.16. The highest BCUT2D eigenvalue weighted by molar-refractivity contribution is 5.66. The van der Waals surface area contributed by atoms with Crippen molar-refractivity contribution in [2.75, 3.05) is 0 Å². The Kier molecular flexibility index (Phi) is 5.79. The van der Waals surface area contributed by atoms with Gasteiger partial charge in [-0.3, -0.25) is 4.79 Å². The summed E-state index contributed by atoms with van der Waals surface area (Å²) in [6.45, 7) is 20.8. The van der Waals surface area contributed by atoms with Crippen molar-refractivity contribution in [1.82, 2.24) is 0 Å². The van der Waals surface area contributed by atoms with Gasteiger partial charge in [0.15, 0.2) is 0 Å². The van der Waals surface area contributed by atoms with E-state index in [-0.39, 0.29) is 33.7 Å². The van der Waals surface area contributed by atoms with E-state index in [0.29, 0.717) is 35.0 Å². The van der Waals surface area contributed by atoms with E-state index in [1.54, 1.807) is 6.92 Å². The third-order valence-corrected chi connectivity index (χ3v) is 13.6. The van der Waals surface area contributed by atoms with Gasteiger partial charge in [0.25, 0.3) is 0 Å². The number of hydrogen-bond acceptors (Lipinski definition) is 3. The molecule has 5 aliphatic rings. The van der Waals surface area contributed by atoms with Crippen molar-refractivity contribution in [2.24, 2.45) is 56.7 Å². The topological polar surface area (TPSA) is 43.4 Å². The lowest BCUT2D eigenvalue weighted by Crippen LogP contribution is -2.66. The first-order valence-corrected chi connectivity index (χ1v) is 14.6. The molecule has 3 heteroatoms. The lowest BCUT2D eigenvalue weighted by atomic mass is 9.32. The van der Waals surface area contributed by atoms with Crippen LogP contribution in [0.3, 0.4) is 0 Å². The van der Waals surface area contributed by atoms with E-state index in [4.69, 9.17) is 4.74 Å². The Morgan fingerprint density at radius 1 is 0.829 bits per heavy atom. The van der Waals surface area contributed by atoms with Gasteiger partial charge in [-0.25, -0.2) is 0 Å². The van der Waals surface area contributed by atoms with Crippen molar-refractivity contribution in [3.8, 4) is 0 Å². The fourth-order valence-electron chi connectivity index (χ4n) is 11.8. The smallest absolute Gasteiger partial charge is 0.302 e. The van der Waals surface area contributed by atoms with Gasteiger partial charge in [-0.2, -0.15) is 0 Å². The quantitative estimate of drug-likeness (QED) is 0.234. The Labute approximate surface area is 214 Å². The van der Waals surface area contributed by atoms with Crippen LogP contribution in [-0.2, 0) is 14.3 Å². The number of rotatable bonds is 3. The number of allylic oxidation sites excluding steroid dienone is 1. The van der Waals surface area contributed by atoms with E-state index in [1.807, 2.05) is 0 Å². The molecule has 0 saturated heterocycles. The molecule has 0 spiro atoms. The summed E-state index contributed by atoms with van der Waals surface area (Å²) in [5, 5.41) is 0. The van der Waals surface area contributed by atoms with E-state index in [9.17, 15) is 9.59 Å². The number of carbonyl (C=O) groups is 2. The number of fused-ring (bicyclic) bond motifs is 7. The zero-order valence-corrected chi connectivity index (χ0v) is 23.5. The first-order chi connectivity index (χ1) is 16.3. The van der Waals surface area contributed by atoms with Gasteiger partial charge in [-0.1, -0.05) is 46.8 Å². The third-order valence-electron chi connectivity index (χ3n) is 13.6. The fraction of sp³-hybridized carbons (Fsp3) is 0.875. The first kappa shape index (κ1) is 25.5. The Morgan fingerprint density at radius 3 is 2.17 bits per heavy atom. The molecular weight excluding hydrogens is 432 g/mol. The first-order valence-electron chi connectivity index (χ1n) is 14.6. The molecule has 5 saturated carbocycles. The predicted octanol–water partition coefficient (Wildman–Crippen LogP) is 7.77. The van der Waals surface area contributed by atoms with Gasteiger partial charge in [-0.05, 0) is 117 Å². The highest BCUT2D eigenvalue weighted by Gasteiger charge is 2.71. The Hall–Kier alpha value is -1.12. The molecular formula is C32H50O3. The molecule has 0 amide bonds. The molecule has 0 aliphatic heterocycles. The van der Waals surface area contributed by atoms with Gasteiger partial charge in [-0.15, -0.1) is 0 Å². The Balaban J connectivity index is 1.51. The molecule has 10 atom stereocenters. The molecule has 5 fully saturated rings. The lowest BCUT2D eigenvalue weighted by molar-refractivity contribution is -0.247. The van der Waals surface area contributed by atoms with Crippen LogP contribution in [0.25, 0.3) is 0 Å². The number of aldehydes is 1. The molecule has 0 aromatic rings. The Morgan fingerprint density at radius 2 is 1.54 bits per heavy atom. The van der Waals surface area contributed by atoms with Crippen LogP contribution in [0, 0.1) is 56.7 Å². The van der Waals surface area contributed by atoms with Gasteiger partial charge in [0.05, 0.1) is 0 Å². The van der Waals surface area contributed by atoms with E-state index in [0.717, 1.165) is 32.1 Å². The zero-order chi connectivity index (χ0) is 25.6. The molecule has 5 aliphatic carbocycles. The summed E-state index contributed by atoms with van der Waals surface area (Å²) < 4.78 is 5.89. The summed E-state index contributed by atoms with van der Waals surface area (Å²) in [6.07, 6.45) is 13.1. The van der Waals surface area contributed by atoms with Gasteiger partial charge >= 0.3 is 5.97 Å². The zero-order valence-electron chi connectivity index (χ0n) is 23.5. The van der Waals surface area contributed by atoms with Crippen LogP contribution in [0.2, 0.25) is 0 Å². The molecule has 0 aromatic carbocycles. The molecule has 5 rings (SSSR count). The van der Waals surface area contributed by atoms with Crippen molar-refractivity contribution in [3.63, 3.8) is 0 Å². The van der Waals surface area contributed by atoms with Crippen LogP contribution in [0.5, 0.6) is 0 Å². The maximum absolute atomic E-state index is 12.6. The summed E-state index contributed by atoms with van der Waals surface area (Å²) in [5.74, 6) is 2.76. The van der Waals surface area contributed by atoms with Crippen LogP contribution in [0.1, 0.15) is 113 Å². The molecule has 35 heavy (non-hydrogen) atoms. The maximum Gasteiger partial charge on any atom is 0.302 e. The molecule has 3 nitrogen and oxygen atoms in total. The third kappa shape index (κ3) is 3.21. The van der Waals surface area contributed by atoms with Crippen LogP contribution in [-0.4, -0.2) is 18.4 Å². The Bertz CT molecular complexity index is 920. The SMILES string of the molecule is C=C(C)C1CC[C@]2(C=O)CC[C@]3(C)[C@H](CCC4[C@@]5(C)CC[C@@H](OC(C)=O)C(C)(C)C5CC[C@]43C)C12. The van der Waals surface area contributed by atoms with Crippen molar-refractivity contribution in [1.29, 1.82) is 0 Å². The van der Waals surface area contributed by atoms with Crippen molar-refractivity contribution < 1.29 is 14.3 Å². The standard InChI is InChI=1S/C32H50O3/c1-20(2)22-11-16-32(19-33)18-17-30(7)23(27(22)32)9-10-25-29(6)14-13-26(35-21(3)34)28(4,5)24(29)12-15-31(25,30)8/h19,22-27H,1,9-18H2,2-8H3/t22?,23-,24?,25?,26-,27?,29+,30-,31-,32-/m1/s1. The van der Waals surface area contributed by atoms with Crippen molar-refractivity contribution in [2.45, 2.75) is 119 Å². The largest absolute Gasteiger partial charge is 0.462 e. The minimum absolute atomic E-state index is 0.00743. The summed E-state index contributed by atoms with van der Waals surface area (Å²) >= 11 is 0. The molecule has 0 radical (unpaired) electrons. The minimum atomic E-state index is -0.134. The molecule has 0 bridgehead atoms. The predicted molar refractivity (Wildman–Crippen MR) is 141 cm³/mol. The highest BCUT2D eigenvalue weighted by atomic mass is 16.5. The van der Waals surface area contributed by atoms with E-state index < -0.39 is 0 Å². The second kappa shape index (κ2) is 7.94.